The van der Waals surface area contributed by atoms with E-state index < -0.39 is 44.1 Å². The number of para-hydroxylation sites is 1. The number of hydrogen-bond acceptors (Lipinski definition) is 8. The van der Waals surface area contributed by atoms with Crippen LogP contribution in [0.3, 0.4) is 0 Å². The topological polar surface area (TPSA) is 159 Å². The van der Waals surface area contributed by atoms with Crippen molar-refractivity contribution in [1.82, 2.24) is 0 Å². The minimum atomic E-state index is -1.90. The highest BCUT2D eigenvalue weighted by Gasteiger charge is 2.44. The molecule has 2 rings (SSSR count). The Kier molecular flexibility index (Phi) is 4.12. The number of nitro groups is 3. The van der Waals surface area contributed by atoms with Crippen molar-refractivity contribution in [3.8, 4) is 5.75 Å². The Hall–Kier alpha value is -3.63. The van der Waals surface area contributed by atoms with Gasteiger partial charge in [0.2, 0.25) is 6.10 Å². The Morgan fingerprint density at radius 3 is 2.13 bits per heavy atom. The summed E-state index contributed by atoms with van der Waals surface area (Å²) in [5, 5.41) is 42.8. The van der Waals surface area contributed by atoms with Crippen LogP contribution in [0.4, 0.5) is 0 Å². The second-order valence-electron chi connectivity index (χ2n) is 4.27. The molecule has 1 aromatic rings. The van der Waals surface area contributed by atoms with E-state index in [1.54, 1.807) is 6.07 Å². The van der Waals surface area contributed by atoms with E-state index >= 15 is 0 Å². The first-order chi connectivity index (χ1) is 10.8. The van der Waals surface area contributed by atoms with Crippen molar-refractivity contribution in [2.45, 2.75) is 6.10 Å². The van der Waals surface area contributed by atoms with Crippen molar-refractivity contribution < 1.29 is 24.6 Å². The zero-order valence-corrected chi connectivity index (χ0v) is 11.2. The summed E-state index contributed by atoms with van der Waals surface area (Å²) in [4.78, 5) is 29.7. The molecule has 0 aromatic heterocycles. The Labute approximate surface area is 127 Å². The van der Waals surface area contributed by atoms with Crippen molar-refractivity contribution in [1.29, 1.82) is 0 Å². The first kappa shape index (κ1) is 15.8. The molecule has 0 saturated heterocycles. The first-order valence-corrected chi connectivity index (χ1v) is 6.00. The largest absolute Gasteiger partial charge is 0.514 e. The molecule has 0 saturated carbocycles. The fourth-order valence-corrected chi connectivity index (χ4v) is 1.90. The highest BCUT2D eigenvalue weighted by Crippen LogP contribution is 2.33. The third-order valence-corrected chi connectivity index (χ3v) is 2.89. The lowest BCUT2D eigenvalue weighted by Gasteiger charge is -2.26. The smallest absolute Gasteiger partial charge is 0.309 e. The van der Waals surface area contributed by atoms with Gasteiger partial charge in [-0.05, 0) is 22.0 Å². The lowest BCUT2D eigenvalue weighted by Crippen LogP contribution is -2.38. The zero-order valence-electron chi connectivity index (χ0n) is 11.2. The van der Waals surface area contributed by atoms with Crippen molar-refractivity contribution in [2.75, 3.05) is 0 Å². The molecular weight excluding hydrogens is 314 g/mol. The van der Waals surface area contributed by atoms with E-state index in [-0.39, 0.29) is 5.75 Å². The van der Waals surface area contributed by atoms with Crippen LogP contribution in [0.1, 0.15) is 0 Å². The van der Waals surface area contributed by atoms with Crippen LogP contribution >= 0.6 is 0 Å². The third kappa shape index (κ3) is 3.02. The monoisotopic (exact) mass is 322 g/mol. The molecule has 11 nitrogen and oxygen atoms in total. The van der Waals surface area contributed by atoms with Gasteiger partial charge in [0.05, 0.1) is 4.92 Å². The van der Waals surface area contributed by atoms with Gasteiger partial charge in [0.1, 0.15) is 5.75 Å². The van der Waals surface area contributed by atoms with E-state index in [0.717, 1.165) is 0 Å². The first-order valence-electron chi connectivity index (χ1n) is 6.00. The summed E-state index contributed by atoms with van der Waals surface area (Å²) in [5.74, 6) is -1.23. The van der Waals surface area contributed by atoms with Crippen LogP contribution in [0.5, 0.6) is 5.75 Å². The summed E-state index contributed by atoms with van der Waals surface area (Å²) in [5.41, 5.74) is -2.31. The highest BCUT2D eigenvalue weighted by atomic mass is 16.6. The molecule has 0 amide bonds. The van der Waals surface area contributed by atoms with Crippen LogP contribution in [0.25, 0.3) is 0 Å². The minimum Gasteiger partial charge on any atom is -0.514 e. The lowest BCUT2D eigenvalue weighted by atomic mass is 9.99. The van der Waals surface area contributed by atoms with E-state index in [1.165, 1.54) is 24.3 Å². The molecule has 1 N–H and O–H groups in total. The third-order valence-electron chi connectivity index (χ3n) is 2.89. The number of rotatable bonds is 5. The van der Waals surface area contributed by atoms with Gasteiger partial charge in [0.15, 0.2) is 17.5 Å². The normalized spacial score (nSPS) is 17.5. The average Bonchev–Trinajstić information content (AvgIpc) is 2.47. The maximum absolute atomic E-state index is 11.1. The summed E-state index contributed by atoms with van der Waals surface area (Å²) < 4.78 is 5.20. The van der Waals surface area contributed by atoms with Gasteiger partial charge >= 0.3 is 5.70 Å². The molecule has 1 aromatic carbocycles. The summed E-state index contributed by atoms with van der Waals surface area (Å²) in [6, 6.07) is 6.52. The lowest BCUT2D eigenvalue weighted by molar-refractivity contribution is -0.491. The van der Waals surface area contributed by atoms with Crippen LogP contribution in [-0.4, -0.2) is 26.0 Å². The molecule has 1 unspecified atom stereocenters. The van der Waals surface area contributed by atoms with Crippen molar-refractivity contribution in [3.63, 3.8) is 0 Å². The fraction of sp³-hybridized carbons (Fsp3) is 0.0833. The van der Waals surface area contributed by atoms with E-state index in [4.69, 9.17) is 4.74 Å². The van der Waals surface area contributed by atoms with Gasteiger partial charge in [-0.25, -0.2) is 0 Å². The Morgan fingerprint density at radius 1 is 1.04 bits per heavy atom. The summed E-state index contributed by atoms with van der Waals surface area (Å²) in [6.45, 7) is 0. The predicted octanol–water partition coefficient (Wildman–Crippen LogP) is 1.46. The maximum Gasteiger partial charge on any atom is 0.309 e. The summed E-state index contributed by atoms with van der Waals surface area (Å²) in [6.07, 6.45) is -1.46. The Balaban J connectivity index is 2.54. The summed E-state index contributed by atoms with van der Waals surface area (Å²) in [7, 11) is 0. The zero-order chi connectivity index (χ0) is 17.1. The van der Waals surface area contributed by atoms with Gasteiger partial charge in [0.25, 0.3) is 0 Å². The van der Waals surface area contributed by atoms with Crippen LogP contribution in [0.2, 0.25) is 0 Å². The number of aliphatic hydroxyl groups excluding tert-OH is 1. The van der Waals surface area contributed by atoms with E-state index in [0.29, 0.717) is 6.08 Å². The van der Waals surface area contributed by atoms with Crippen LogP contribution in [-0.2, 0) is 0 Å². The van der Waals surface area contributed by atoms with Crippen molar-refractivity contribution >= 4 is 0 Å². The van der Waals surface area contributed by atoms with Gasteiger partial charge in [-0.1, -0.05) is 24.3 Å². The molecule has 120 valence electrons. The van der Waals surface area contributed by atoms with Crippen LogP contribution in [0.15, 0.2) is 53.6 Å². The van der Waals surface area contributed by atoms with Gasteiger partial charge < -0.3 is 9.84 Å². The van der Waals surface area contributed by atoms with E-state index in [2.05, 4.69) is 0 Å². The molecule has 1 atom stereocenters. The Morgan fingerprint density at radius 2 is 1.65 bits per heavy atom. The Bertz CT molecular complexity index is 727. The molecular formula is C12H8N3O8-. The van der Waals surface area contributed by atoms with Gasteiger partial charge in [-0.2, -0.15) is 0 Å². The number of ether oxygens (including phenoxy) is 1. The molecule has 11 heteroatoms. The van der Waals surface area contributed by atoms with Gasteiger partial charge in [0, 0.05) is 0 Å². The molecule has 1 aliphatic rings. The molecule has 23 heavy (non-hydrogen) atoms. The van der Waals surface area contributed by atoms with Gasteiger partial charge in [-0.15, -0.1) is 0 Å². The van der Waals surface area contributed by atoms with E-state index in [1.807, 2.05) is 0 Å². The second kappa shape index (κ2) is 6.01. The fourth-order valence-electron chi connectivity index (χ4n) is 1.90. The molecule has 0 heterocycles. The van der Waals surface area contributed by atoms with Gasteiger partial charge in [-0.3, -0.25) is 30.3 Å². The minimum absolute atomic E-state index is 0.0574. The number of nitrogens with zero attached hydrogens (tertiary/aromatic N) is 3. The summed E-state index contributed by atoms with van der Waals surface area (Å²) >= 11 is 0. The molecule has 0 aliphatic heterocycles. The molecule has 0 spiro atoms. The van der Waals surface area contributed by atoms with Crippen LogP contribution in [0, 0.1) is 36.4 Å². The molecule has 1 aliphatic carbocycles. The van der Waals surface area contributed by atoms with Crippen LogP contribution < -0.4 is 4.74 Å². The maximum atomic E-state index is 11.1. The SMILES string of the molecule is O=[N+]([O-])C1=C[C-]([N+](=O)[O-])C(Oc2ccccc2)C([N+](=O)[O-])=C1O. The van der Waals surface area contributed by atoms with Crippen molar-refractivity contribution in [2.24, 2.45) is 0 Å². The molecule has 0 fully saturated rings. The van der Waals surface area contributed by atoms with Crippen molar-refractivity contribution in [3.05, 3.63) is 89.9 Å². The number of hydrogen-bond donors (Lipinski definition) is 1. The standard InChI is InChI=1S/C12H8N3O8/c16-11-8(13(17)18)6-9(14(19)20)12(10(11)15(21)22)23-7-4-2-1-3-5-7/h1-6,12,16H/q-1. The number of benzene rings is 1. The van der Waals surface area contributed by atoms with E-state index in [9.17, 15) is 35.4 Å². The predicted molar refractivity (Wildman–Crippen MR) is 72.8 cm³/mol. The average molecular weight is 322 g/mol. The molecule has 0 radical (unpaired) electrons. The highest BCUT2D eigenvalue weighted by molar-refractivity contribution is 5.38. The molecule has 0 bridgehead atoms. The quantitative estimate of drug-likeness (QED) is 0.484. The second-order valence-corrected chi connectivity index (χ2v) is 4.27. The number of aliphatic hydroxyl groups is 1.